The number of imidazole rings is 1. The summed E-state index contributed by atoms with van der Waals surface area (Å²) in [6.45, 7) is 9.59. The fourth-order valence-corrected chi connectivity index (χ4v) is 6.07. The zero-order valence-corrected chi connectivity index (χ0v) is 27.6. The Labute approximate surface area is 261 Å². The van der Waals surface area contributed by atoms with Crippen LogP contribution in [0, 0.1) is 5.92 Å². The van der Waals surface area contributed by atoms with Gasteiger partial charge in [-0.05, 0) is 65.2 Å². The van der Waals surface area contributed by atoms with Gasteiger partial charge < -0.3 is 34.7 Å². The topological polar surface area (TPSA) is 155 Å². The monoisotopic (exact) mass is 636 g/mol. The molecule has 3 rings (SSSR count). The molecule has 0 radical (unpaired) electrons. The Bertz CT molecular complexity index is 1370. The van der Waals surface area contributed by atoms with Gasteiger partial charge in [0, 0.05) is 57.6 Å². The lowest BCUT2D eigenvalue weighted by Gasteiger charge is -2.35. The lowest BCUT2D eigenvalue weighted by atomic mass is 10.0. The van der Waals surface area contributed by atoms with Crippen LogP contribution in [-0.4, -0.2) is 102 Å². The van der Waals surface area contributed by atoms with Gasteiger partial charge >= 0.3 is 6.03 Å². The van der Waals surface area contributed by atoms with Gasteiger partial charge in [0.2, 0.25) is 0 Å². The van der Waals surface area contributed by atoms with Crippen LogP contribution in [0.2, 0.25) is 0 Å². The van der Waals surface area contributed by atoms with Crippen molar-refractivity contribution < 1.29 is 32.6 Å². The van der Waals surface area contributed by atoms with Gasteiger partial charge in [0.15, 0.2) is 5.03 Å². The van der Waals surface area contributed by atoms with Crippen molar-refractivity contribution in [2.24, 2.45) is 13.0 Å². The number of hydrogen-bond acceptors (Lipinski definition) is 8. The molecule has 1 aliphatic rings. The minimum Gasteiger partial charge on any atom is -0.490 e. The molecule has 13 nitrogen and oxygen atoms in total. The molecule has 0 saturated heterocycles. The Balaban J connectivity index is 1.96. The number of nitrogens with zero attached hydrogens (tertiary/aromatic N) is 4. The predicted molar refractivity (Wildman–Crippen MR) is 167 cm³/mol. The van der Waals surface area contributed by atoms with E-state index >= 15 is 0 Å². The van der Waals surface area contributed by atoms with E-state index in [0.29, 0.717) is 24.5 Å². The summed E-state index contributed by atoms with van der Waals surface area (Å²) in [6, 6.07) is 3.90. The normalized spacial score (nSPS) is 21.4. The van der Waals surface area contributed by atoms with E-state index < -0.39 is 34.1 Å². The summed E-state index contributed by atoms with van der Waals surface area (Å²) in [5.74, 6) is -0.330. The molecule has 1 aromatic heterocycles. The van der Waals surface area contributed by atoms with E-state index in [2.05, 4.69) is 15.6 Å². The Kier molecular flexibility index (Phi) is 12.6. The molecule has 1 aromatic carbocycles. The molecule has 0 fully saturated rings. The quantitative estimate of drug-likeness (QED) is 0.399. The molecule has 0 saturated carbocycles. The van der Waals surface area contributed by atoms with Crippen LogP contribution in [0.4, 0.5) is 10.5 Å². The first-order valence-corrected chi connectivity index (χ1v) is 16.5. The van der Waals surface area contributed by atoms with Gasteiger partial charge in [0.25, 0.3) is 15.9 Å². The summed E-state index contributed by atoms with van der Waals surface area (Å²) in [4.78, 5) is 32.2. The maximum absolute atomic E-state index is 14.2. The number of hydrogen-bond donors (Lipinski definition) is 3. The van der Waals surface area contributed by atoms with Crippen molar-refractivity contribution in [3.8, 4) is 5.75 Å². The summed E-state index contributed by atoms with van der Waals surface area (Å²) < 4.78 is 41.8. The molecule has 246 valence electrons. The smallest absolute Gasteiger partial charge is 0.319 e. The molecule has 1 aliphatic heterocycles. The molecular formula is C30H48N6O7S. The second-order valence-electron chi connectivity index (χ2n) is 11.9. The number of sulfonamides is 1. The number of anilines is 1. The van der Waals surface area contributed by atoms with Crippen LogP contribution in [0.25, 0.3) is 0 Å². The van der Waals surface area contributed by atoms with E-state index in [1.54, 1.807) is 41.6 Å². The van der Waals surface area contributed by atoms with Crippen molar-refractivity contribution >= 4 is 27.6 Å². The number of likely N-dealkylation sites (N-methyl/N-ethyl adjacent to an activating group) is 1. The van der Waals surface area contributed by atoms with Crippen molar-refractivity contribution in [1.82, 2.24) is 24.1 Å². The zero-order chi connectivity index (χ0) is 32.6. The fourth-order valence-electron chi connectivity index (χ4n) is 4.93. The van der Waals surface area contributed by atoms with Gasteiger partial charge in [0.05, 0.1) is 36.7 Å². The van der Waals surface area contributed by atoms with Gasteiger partial charge in [-0.2, -0.15) is 4.31 Å². The van der Waals surface area contributed by atoms with E-state index in [4.69, 9.17) is 9.47 Å². The third-order valence-corrected chi connectivity index (χ3v) is 9.23. The lowest BCUT2D eigenvalue weighted by Crippen LogP contribution is -2.48. The molecule has 4 atom stereocenters. The number of aryl methyl sites for hydroxylation is 1. The number of carbonyl (C=O) groups excluding carboxylic acids is 2. The maximum atomic E-state index is 14.2. The summed E-state index contributed by atoms with van der Waals surface area (Å²) in [7, 11) is -0.682. The van der Waals surface area contributed by atoms with E-state index in [1.807, 2.05) is 27.7 Å². The largest absolute Gasteiger partial charge is 0.490 e. The first-order valence-electron chi connectivity index (χ1n) is 15.1. The summed E-state index contributed by atoms with van der Waals surface area (Å²) in [5.41, 5.74) is 0.663. The van der Waals surface area contributed by atoms with Gasteiger partial charge in [-0.3, -0.25) is 4.79 Å². The van der Waals surface area contributed by atoms with Gasteiger partial charge in [-0.1, -0.05) is 6.92 Å². The third kappa shape index (κ3) is 9.40. The molecular weight excluding hydrogens is 588 g/mol. The highest BCUT2D eigenvalue weighted by atomic mass is 32.2. The Hall–Kier alpha value is -3.20. The fraction of sp³-hybridized carbons (Fsp3) is 0.633. The van der Waals surface area contributed by atoms with Crippen LogP contribution >= 0.6 is 0 Å². The summed E-state index contributed by atoms with van der Waals surface area (Å²) in [6.07, 6.45) is 4.37. The molecule has 2 heterocycles. The maximum Gasteiger partial charge on any atom is 0.319 e. The minimum atomic E-state index is -3.87. The average Bonchev–Trinajstić information content (AvgIpc) is 3.41. The highest BCUT2D eigenvalue weighted by Crippen LogP contribution is 2.29. The number of carbonyl (C=O) groups is 2. The van der Waals surface area contributed by atoms with Crippen molar-refractivity contribution in [2.75, 3.05) is 38.7 Å². The van der Waals surface area contributed by atoms with E-state index in [1.165, 1.54) is 23.9 Å². The van der Waals surface area contributed by atoms with Crippen LogP contribution in [0.15, 0.2) is 35.7 Å². The summed E-state index contributed by atoms with van der Waals surface area (Å²) in [5, 5.41) is 15.6. The highest BCUT2D eigenvalue weighted by Gasteiger charge is 2.33. The molecule has 3 amide bonds. The first-order chi connectivity index (χ1) is 20.7. The van der Waals surface area contributed by atoms with Gasteiger partial charge in [-0.25, -0.2) is 18.2 Å². The van der Waals surface area contributed by atoms with Gasteiger partial charge in [0.1, 0.15) is 5.75 Å². The number of rotatable bonds is 8. The predicted octanol–water partition coefficient (Wildman–Crippen LogP) is 3.07. The van der Waals surface area contributed by atoms with Crippen molar-refractivity contribution in [3.05, 3.63) is 36.3 Å². The highest BCUT2D eigenvalue weighted by molar-refractivity contribution is 7.89. The second-order valence-corrected chi connectivity index (χ2v) is 13.9. The number of urea groups is 1. The van der Waals surface area contributed by atoms with Gasteiger partial charge in [-0.15, -0.1) is 0 Å². The number of aliphatic hydroxyl groups is 1. The van der Waals surface area contributed by atoms with Crippen molar-refractivity contribution in [1.29, 1.82) is 0 Å². The van der Waals surface area contributed by atoms with E-state index in [-0.39, 0.29) is 48.3 Å². The molecule has 0 bridgehead atoms. The number of aromatic nitrogens is 2. The average molecular weight is 637 g/mol. The molecule has 3 N–H and O–H groups in total. The SMILES string of the molecule is CC(C)NC(=O)Nc1ccc2c(c1)C(=O)N([C@H](C)CO)C[C@H](C)[C@H](CN(C)S(=O)(=O)c1cn(C)cn1)OCCCC[C@@H](C)O2. The van der Waals surface area contributed by atoms with Crippen molar-refractivity contribution in [3.63, 3.8) is 0 Å². The van der Waals surface area contributed by atoms with Crippen LogP contribution in [-0.2, 0) is 21.8 Å². The first kappa shape index (κ1) is 35.3. The molecule has 0 aliphatic carbocycles. The summed E-state index contributed by atoms with van der Waals surface area (Å²) >= 11 is 0. The minimum absolute atomic E-state index is 0.0464. The van der Waals surface area contributed by atoms with Crippen molar-refractivity contribution in [2.45, 2.75) is 83.2 Å². The molecule has 0 unspecified atom stereocenters. The van der Waals surface area contributed by atoms with Crippen LogP contribution < -0.4 is 15.4 Å². The Morgan fingerprint density at radius 3 is 2.59 bits per heavy atom. The second kappa shape index (κ2) is 15.7. The zero-order valence-electron chi connectivity index (χ0n) is 26.8. The van der Waals surface area contributed by atoms with E-state index in [0.717, 1.165) is 12.8 Å². The molecule has 14 heteroatoms. The standard InChI is InChI=1S/C30H48N6O7S/c1-20(2)32-30(39)33-24-11-12-26-25(14-24)29(38)36(22(4)18-37)15-21(3)27(42-13-9-8-10-23(5)43-26)16-35(7)44(40,41)28-17-34(6)19-31-28/h11-12,14,17,19-23,27,37H,8-10,13,15-16,18H2,1-7H3,(H2,32,33,39)/t21-,22+,23+,27-/m0/s1. The lowest BCUT2D eigenvalue weighted by molar-refractivity contribution is -0.00835. The number of benzene rings is 1. The number of nitrogens with one attached hydrogen (secondary N) is 2. The molecule has 2 aromatic rings. The molecule has 44 heavy (non-hydrogen) atoms. The van der Waals surface area contributed by atoms with Crippen LogP contribution in [0.3, 0.4) is 0 Å². The number of fused-ring (bicyclic) bond motifs is 1. The van der Waals surface area contributed by atoms with Crippen LogP contribution in [0.1, 0.15) is 64.2 Å². The number of aliphatic hydroxyl groups excluding tert-OH is 1. The van der Waals surface area contributed by atoms with E-state index in [9.17, 15) is 23.1 Å². The third-order valence-electron chi connectivity index (χ3n) is 7.52. The number of ether oxygens (including phenoxy) is 2. The number of amides is 3. The Morgan fingerprint density at radius 2 is 1.95 bits per heavy atom. The molecule has 0 spiro atoms. The van der Waals surface area contributed by atoms with Crippen LogP contribution in [0.5, 0.6) is 5.75 Å². The Morgan fingerprint density at radius 1 is 1.23 bits per heavy atom.